The van der Waals surface area contributed by atoms with Crippen LogP contribution in [0.25, 0.3) is 5.69 Å². The number of hydrogen-bond acceptors (Lipinski definition) is 5. The van der Waals surface area contributed by atoms with E-state index in [-0.39, 0.29) is 17.6 Å². The maximum Gasteiger partial charge on any atom is 0.320 e. The van der Waals surface area contributed by atoms with Gasteiger partial charge in [0.15, 0.2) is 0 Å². The van der Waals surface area contributed by atoms with Crippen LogP contribution in [0.1, 0.15) is 30.9 Å². The quantitative estimate of drug-likeness (QED) is 0.652. The second kappa shape index (κ2) is 8.64. The van der Waals surface area contributed by atoms with E-state index in [0.717, 1.165) is 43.0 Å². The van der Waals surface area contributed by atoms with Gasteiger partial charge in [-0.3, -0.25) is 4.90 Å². The van der Waals surface area contributed by atoms with E-state index in [2.05, 4.69) is 25.0 Å². The summed E-state index contributed by atoms with van der Waals surface area (Å²) in [6, 6.07) is 5.67. The lowest BCUT2D eigenvalue weighted by Crippen LogP contribution is -2.35. The number of rotatable bonds is 7. The maximum atomic E-state index is 14.1. The van der Waals surface area contributed by atoms with Gasteiger partial charge in [-0.05, 0) is 44.0 Å². The molecule has 1 aliphatic rings. The zero-order valence-electron chi connectivity index (χ0n) is 15.6. The first-order valence-electron chi connectivity index (χ1n) is 9.43. The number of imidazole rings is 1. The van der Waals surface area contributed by atoms with Crippen LogP contribution in [0.4, 0.5) is 13.2 Å². The largest absolute Gasteiger partial charge is 0.463 e. The molecular weight excluding hydrogens is 385 g/mol. The van der Waals surface area contributed by atoms with Crippen molar-refractivity contribution in [1.82, 2.24) is 29.6 Å². The molecule has 0 aliphatic carbocycles. The SMILES string of the molecule is Fc1ccccc1-n1nc(C(F)F)nc1OCC1CCN(Cc2ncc[nH]2)CC1. The number of para-hydroxylation sites is 1. The molecule has 3 aromatic rings. The molecule has 7 nitrogen and oxygen atoms in total. The summed E-state index contributed by atoms with van der Waals surface area (Å²) in [6.07, 6.45) is 2.46. The van der Waals surface area contributed by atoms with Gasteiger partial charge >= 0.3 is 6.01 Å². The van der Waals surface area contributed by atoms with Crippen LogP contribution in [0, 0.1) is 11.7 Å². The Labute approximate surface area is 165 Å². The Kier molecular flexibility index (Phi) is 5.79. The topological polar surface area (TPSA) is 71.9 Å². The Morgan fingerprint density at radius 2 is 2.00 bits per heavy atom. The number of hydrogen-bond donors (Lipinski definition) is 1. The van der Waals surface area contributed by atoms with Gasteiger partial charge in [0, 0.05) is 12.4 Å². The fraction of sp³-hybridized carbons (Fsp3) is 0.421. The molecule has 0 amide bonds. The van der Waals surface area contributed by atoms with Crippen LogP contribution in [0.5, 0.6) is 6.01 Å². The zero-order chi connectivity index (χ0) is 20.2. The third-order valence-corrected chi connectivity index (χ3v) is 4.95. The summed E-state index contributed by atoms with van der Waals surface area (Å²) >= 11 is 0. The van der Waals surface area contributed by atoms with Crippen molar-refractivity contribution in [3.63, 3.8) is 0 Å². The molecule has 10 heteroatoms. The van der Waals surface area contributed by atoms with E-state index < -0.39 is 18.1 Å². The van der Waals surface area contributed by atoms with Gasteiger partial charge in [0.2, 0.25) is 5.82 Å². The minimum atomic E-state index is -2.87. The first-order chi connectivity index (χ1) is 14.1. The number of aromatic nitrogens is 5. The third kappa shape index (κ3) is 4.58. The van der Waals surface area contributed by atoms with E-state index in [1.807, 2.05) is 0 Å². The maximum absolute atomic E-state index is 14.1. The number of H-pyrrole nitrogens is 1. The van der Waals surface area contributed by atoms with Crippen molar-refractivity contribution in [2.75, 3.05) is 19.7 Å². The summed E-state index contributed by atoms with van der Waals surface area (Å²) in [5, 5.41) is 3.73. The first-order valence-corrected chi connectivity index (χ1v) is 9.43. The van der Waals surface area contributed by atoms with E-state index in [1.165, 1.54) is 18.2 Å². The van der Waals surface area contributed by atoms with Crippen LogP contribution in [-0.2, 0) is 6.54 Å². The predicted molar refractivity (Wildman–Crippen MR) is 98.4 cm³/mol. The number of likely N-dealkylation sites (tertiary alicyclic amines) is 1. The monoisotopic (exact) mass is 406 g/mol. The van der Waals surface area contributed by atoms with Gasteiger partial charge in [0.25, 0.3) is 6.43 Å². The molecule has 0 unspecified atom stereocenters. The van der Waals surface area contributed by atoms with Crippen molar-refractivity contribution >= 4 is 0 Å². The van der Waals surface area contributed by atoms with Gasteiger partial charge < -0.3 is 9.72 Å². The summed E-state index contributed by atoms with van der Waals surface area (Å²) in [5.41, 5.74) is 0.0233. The molecule has 0 spiro atoms. The molecule has 0 radical (unpaired) electrons. The number of piperidine rings is 1. The van der Waals surface area contributed by atoms with Crippen molar-refractivity contribution in [3.8, 4) is 11.7 Å². The molecule has 1 fully saturated rings. The molecule has 1 saturated heterocycles. The van der Waals surface area contributed by atoms with E-state index in [0.29, 0.717) is 6.61 Å². The van der Waals surface area contributed by atoms with Gasteiger partial charge in [-0.25, -0.2) is 18.2 Å². The Morgan fingerprint density at radius 3 is 2.69 bits per heavy atom. The van der Waals surface area contributed by atoms with Crippen LogP contribution in [0.2, 0.25) is 0 Å². The van der Waals surface area contributed by atoms with Crippen molar-refractivity contribution < 1.29 is 17.9 Å². The summed E-state index contributed by atoms with van der Waals surface area (Å²) in [5.74, 6) is -0.0911. The molecule has 1 aliphatic heterocycles. The minimum absolute atomic E-state index is 0.0233. The number of aromatic amines is 1. The first kappa shape index (κ1) is 19.4. The van der Waals surface area contributed by atoms with Crippen molar-refractivity contribution in [2.45, 2.75) is 25.8 Å². The van der Waals surface area contributed by atoms with Crippen LogP contribution >= 0.6 is 0 Å². The summed E-state index contributed by atoms with van der Waals surface area (Å²) in [4.78, 5) is 13.4. The zero-order valence-corrected chi connectivity index (χ0v) is 15.6. The molecule has 0 atom stereocenters. The van der Waals surface area contributed by atoms with E-state index >= 15 is 0 Å². The second-order valence-electron chi connectivity index (χ2n) is 6.98. The fourth-order valence-corrected chi connectivity index (χ4v) is 3.38. The van der Waals surface area contributed by atoms with Gasteiger partial charge in [-0.15, -0.1) is 5.10 Å². The average Bonchev–Trinajstić information content (AvgIpc) is 3.38. The van der Waals surface area contributed by atoms with Gasteiger partial charge in [0.1, 0.15) is 17.3 Å². The van der Waals surface area contributed by atoms with Gasteiger partial charge in [-0.2, -0.15) is 9.67 Å². The van der Waals surface area contributed by atoms with Crippen molar-refractivity contribution in [2.24, 2.45) is 5.92 Å². The molecule has 29 heavy (non-hydrogen) atoms. The summed E-state index contributed by atoms with van der Waals surface area (Å²) in [6.45, 7) is 2.85. The Bertz CT molecular complexity index is 922. The molecular formula is C19H21F3N6O. The molecule has 1 N–H and O–H groups in total. The number of nitrogens with zero attached hydrogens (tertiary/aromatic N) is 5. The van der Waals surface area contributed by atoms with E-state index in [9.17, 15) is 13.2 Å². The number of halogens is 3. The predicted octanol–water partition coefficient (Wildman–Crippen LogP) is 3.36. The molecule has 2 aromatic heterocycles. The minimum Gasteiger partial charge on any atom is -0.463 e. The normalized spacial score (nSPS) is 15.9. The van der Waals surface area contributed by atoms with Crippen LogP contribution < -0.4 is 4.74 Å². The molecule has 3 heterocycles. The molecule has 4 rings (SSSR count). The van der Waals surface area contributed by atoms with Crippen LogP contribution in [0.15, 0.2) is 36.7 Å². The average molecular weight is 406 g/mol. The smallest absolute Gasteiger partial charge is 0.320 e. The van der Waals surface area contributed by atoms with Crippen LogP contribution in [-0.4, -0.2) is 49.3 Å². The Hall–Kier alpha value is -2.88. The number of benzene rings is 1. The summed E-state index contributed by atoms with van der Waals surface area (Å²) in [7, 11) is 0. The number of nitrogens with one attached hydrogen (secondary N) is 1. The highest BCUT2D eigenvalue weighted by atomic mass is 19.3. The molecule has 1 aromatic carbocycles. The third-order valence-electron chi connectivity index (χ3n) is 4.95. The molecule has 0 bridgehead atoms. The van der Waals surface area contributed by atoms with E-state index in [4.69, 9.17) is 4.74 Å². The van der Waals surface area contributed by atoms with Gasteiger partial charge in [0.05, 0.1) is 13.2 Å². The number of ether oxygens (including phenoxy) is 1. The standard InChI is InChI=1S/C19H21F3N6O/c20-14-3-1-2-4-15(14)28-19(25-18(26-28)17(21)22)29-12-13-5-9-27(10-6-13)11-16-23-7-8-24-16/h1-4,7-8,13,17H,5-6,9-12H2,(H,23,24). The van der Waals surface area contributed by atoms with Crippen LogP contribution in [0.3, 0.4) is 0 Å². The Morgan fingerprint density at radius 1 is 1.21 bits per heavy atom. The highest BCUT2D eigenvalue weighted by Gasteiger charge is 2.24. The van der Waals surface area contributed by atoms with Crippen molar-refractivity contribution in [3.05, 3.63) is 54.1 Å². The lowest BCUT2D eigenvalue weighted by atomic mass is 9.98. The lowest BCUT2D eigenvalue weighted by molar-refractivity contribution is 0.127. The fourth-order valence-electron chi connectivity index (χ4n) is 3.38. The molecule has 0 saturated carbocycles. The van der Waals surface area contributed by atoms with Gasteiger partial charge in [-0.1, -0.05) is 12.1 Å². The summed E-state index contributed by atoms with van der Waals surface area (Å²) < 4.78 is 47.0. The Balaban J connectivity index is 1.39. The second-order valence-corrected chi connectivity index (χ2v) is 6.98. The lowest BCUT2D eigenvalue weighted by Gasteiger charge is -2.31. The van der Waals surface area contributed by atoms with Crippen molar-refractivity contribution in [1.29, 1.82) is 0 Å². The van der Waals surface area contributed by atoms with E-state index in [1.54, 1.807) is 18.5 Å². The highest BCUT2D eigenvalue weighted by Crippen LogP contribution is 2.25. The highest BCUT2D eigenvalue weighted by molar-refractivity contribution is 5.34. The molecule has 154 valence electrons. The number of alkyl halides is 2.